The largest absolute Gasteiger partial charge is 0.496 e. The van der Waals surface area contributed by atoms with Gasteiger partial charge < -0.3 is 15.8 Å². The first-order valence-electron chi connectivity index (χ1n) is 7.25. The highest BCUT2D eigenvalue weighted by Crippen LogP contribution is 2.25. The van der Waals surface area contributed by atoms with Gasteiger partial charge in [-0.05, 0) is 43.9 Å². The molecule has 1 aromatic rings. The first kappa shape index (κ1) is 14.4. The first-order valence-corrected chi connectivity index (χ1v) is 7.25. The van der Waals surface area contributed by atoms with Crippen LogP contribution in [0, 0.1) is 13.8 Å². The van der Waals surface area contributed by atoms with Crippen LogP contribution in [0.5, 0.6) is 5.75 Å². The van der Waals surface area contributed by atoms with E-state index in [9.17, 15) is 0 Å². The second-order valence-electron chi connectivity index (χ2n) is 5.70. The number of methoxy groups -OCH3 is 1. The summed E-state index contributed by atoms with van der Waals surface area (Å²) in [4.78, 5) is 0. The molecule has 2 unspecified atom stereocenters. The Morgan fingerprint density at radius 3 is 2.68 bits per heavy atom. The molecule has 3 N–H and O–H groups in total. The molecule has 2 rings (SSSR count). The molecule has 106 valence electrons. The van der Waals surface area contributed by atoms with Crippen LogP contribution in [0.15, 0.2) is 12.1 Å². The number of nitrogens with two attached hydrogens (primary N) is 1. The van der Waals surface area contributed by atoms with E-state index in [0.29, 0.717) is 12.1 Å². The molecule has 0 heterocycles. The molecule has 1 saturated carbocycles. The predicted octanol–water partition coefficient (Wildman–Crippen LogP) is 2.67. The minimum absolute atomic E-state index is 0.297. The molecule has 1 aliphatic rings. The van der Waals surface area contributed by atoms with Crippen molar-refractivity contribution in [3.8, 4) is 5.75 Å². The highest BCUT2D eigenvalue weighted by molar-refractivity contribution is 5.43. The molecule has 1 aromatic carbocycles. The number of hydrogen-bond acceptors (Lipinski definition) is 3. The molecule has 1 aliphatic carbocycles. The predicted molar refractivity (Wildman–Crippen MR) is 79.5 cm³/mol. The van der Waals surface area contributed by atoms with Gasteiger partial charge in [0.15, 0.2) is 0 Å². The SMILES string of the molecule is COc1cc(C)cc(C)c1CNC1CCCCC1N. The van der Waals surface area contributed by atoms with E-state index in [2.05, 4.69) is 31.3 Å². The van der Waals surface area contributed by atoms with Gasteiger partial charge in [-0.15, -0.1) is 0 Å². The van der Waals surface area contributed by atoms with Crippen LogP contribution in [0.2, 0.25) is 0 Å². The summed E-state index contributed by atoms with van der Waals surface area (Å²) in [5.74, 6) is 0.981. The van der Waals surface area contributed by atoms with Gasteiger partial charge in [-0.1, -0.05) is 18.9 Å². The second-order valence-corrected chi connectivity index (χ2v) is 5.70. The summed E-state index contributed by atoms with van der Waals surface area (Å²) in [5.41, 5.74) is 9.97. The number of ether oxygens (including phenoxy) is 1. The fourth-order valence-corrected chi connectivity index (χ4v) is 3.01. The lowest BCUT2D eigenvalue weighted by atomic mass is 9.90. The average molecular weight is 262 g/mol. The van der Waals surface area contributed by atoms with Gasteiger partial charge in [0.25, 0.3) is 0 Å². The summed E-state index contributed by atoms with van der Waals surface area (Å²) in [7, 11) is 1.74. The third-order valence-electron chi connectivity index (χ3n) is 4.16. The van der Waals surface area contributed by atoms with Crippen LogP contribution < -0.4 is 15.8 Å². The highest BCUT2D eigenvalue weighted by Gasteiger charge is 2.21. The lowest BCUT2D eigenvalue weighted by molar-refractivity contribution is 0.323. The van der Waals surface area contributed by atoms with E-state index >= 15 is 0 Å². The maximum absolute atomic E-state index is 6.18. The summed E-state index contributed by atoms with van der Waals surface area (Å²) >= 11 is 0. The molecule has 0 spiro atoms. The van der Waals surface area contributed by atoms with Gasteiger partial charge in [0.2, 0.25) is 0 Å². The van der Waals surface area contributed by atoms with Crippen molar-refractivity contribution in [1.29, 1.82) is 0 Å². The average Bonchev–Trinajstić information content (AvgIpc) is 2.38. The lowest BCUT2D eigenvalue weighted by Crippen LogP contribution is -2.46. The number of nitrogens with one attached hydrogen (secondary N) is 1. The molecule has 3 nitrogen and oxygen atoms in total. The van der Waals surface area contributed by atoms with E-state index < -0.39 is 0 Å². The topological polar surface area (TPSA) is 47.3 Å². The summed E-state index contributed by atoms with van der Waals surface area (Å²) in [5, 5.41) is 3.62. The van der Waals surface area contributed by atoms with E-state index in [1.807, 2.05) is 0 Å². The standard InChI is InChI=1S/C16H26N2O/c1-11-8-12(2)13(16(9-11)19-3)10-18-15-7-5-4-6-14(15)17/h8-9,14-15,18H,4-7,10,17H2,1-3H3. The van der Waals surface area contributed by atoms with Crippen LogP contribution in [0.25, 0.3) is 0 Å². The molecule has 0 radical (unpaired) electrons. The normalized spacial score (nSPS) is 23.4. The Labute approximate surface area is 116 Å². The van der Waals surface area contributed by atoms with Gasteiger partial charge in [0.05, 0.1) is 7.11 Å². The van der Waals surface area contributed by atoms with Crippen molar-refractivity contribution < 1.29 is 4.74 Å². The summed E-state index contributed by atoms with van der Waals surface area (Å²) in [6.45, 7) is 5.09. The Morgan fingerprint density at radius 2 is 2.00 bits per heavy atom. The van der Waals surface area contributed by atoms with Crippen LogP contribution in [0.3, 0.4) is 0 Å². The molecular formula is C16H26N2O. The maximum atomic E-state index is 6.18. The fourth-order valence-electron chi connectivity index (χ4n) is 3.01. The van der Waals surface area contributed by atoms with Crippen LogP contribution in [-0.2, 0) is 6.54 Å². The van der Waals surface area contributed by atoms with Gasteiger partial charge in [-0.2, -0.15) is 0 Å². The van der Waals surface area contributed by atoms with Crippen molar-refractivity contribution >= 4 is 0 Å². The molecule has 0 aliphatic heterocycles. The van der Waals surface area contributed by atoms with Crippen molar-refractivity contribution in [2.45, 2.75) is 58.2 Å². The molecule has 2 atom stereocenters. The third-order valence-corrected chi connectivity index (χ3v) is 4.16. The fraction of sp³-hybridized carbons (Fsp3) is 0.625. The minimum Gasteiger partial charge on any atom is -0.496 e. The zero-order valence-electron chi connectivity index (χ0n) is 12.3. The van der Waals surface area contributed by atoms with Crippen molar-refractivity contribution in [3.63, 3.8) is 0 Å². The number of aryl methyl sites for hydroxylation is 2. The quantitative estimate of drug-likeness (QED) is 0.877. The van der Waals surface area contributed by atoms with E-state index in [4.69, 9.17) is 10.5 Å². The number of benzene rings is 1. The van der Waals surface area contributed by atoms with Gasteiger partial charge in [0, 0.05) is 24.2 Å². The highest BCUT2D eigenvalue weighted by atomic mass is 16.5. The van der Waals surface area contributed by atoms with Gasteiger partial charge >= 0.3 is 0 Å². The molecule has 0 saturated heterocycles. The van der Waals surface area contributed by atoms with Gasteiger partial charge in [-0.25, -0.2) is 0 Å². The summed E-state index contributed by atoms with van der Waals surface area (Å²) in [6, 6.07) is 5.05. The van der Waals surface area contributed by atoms with Crippen LogP contribution >= 0.6 is 0 Å². The number of rotatable bonds is 4. The Bertz CT molecular complexity index is 431. The second kappa shape index (κ2) is 6.40. The third kappa shape index (κ3) is 3.48. The number of hydrogen-bond donors (Lipinski definition) is 2. The van der Waals surface area contributed by atoms with Crippen LogP contribution in [0.1, 0.15) is 42.4 Å². The molecule has 3 heteroatoms. The molecule has 0 bridgehead atoms. The van der Waals surface area contributed by atoms with Gasteiger partial charge in [0.1, 0.15) is 5.75 Å². The van der Waals surface area contributed by atoms with Crippen LogP contribution in [-0.4, -0.2) is 19.2 Å². The minimum atomic E-state index is 0.297. The molecule has 0 aromatic heterocycles. The lowest BCUT2D eigenvalue weighted by Gasteiger charge is -2.30. The van der Waals surface area contributed by atoms with Crippen molar-refractivity contribution in [3.05, 3.63) is 28.8 Å². The van der Waals surface area contributed by atoms with Crippen LogP contribution in [0.4, 0.5) is 0 Å². The van der Waals surface area contributed by atoms with E-state index in [-0.39, 0.29) is 0 Å². The van der Waals surface area contributed by atoms with E-state index in [0.717, 1.165) is 18.7 Å². The first-order chi connectivity index (χ1) is 9.11. The molecule has 0 amide bonds. The molecular weight excluding hydrogens is 236 g/mol. The van der Waals surface area contributed by atoms with E-state index in [1.54, 1.807) is 7.11 Å². The van der Waals surface area contributed by atoms with Gasteiger partial charge in [-0.3, -0.25) is 0 Å². The Morgan fingerprint density at radius 1 is 1.26 bits per heavy atom. The summed E-state index contributed by atoms with van der Waals surface area (Å²) < 4.78 is 5.50. The Hall–Kier alpha value is -1.06. The van der Waals surface area contributed by atoms with Crippen molar-refractivity contribution in [2.75, 3.05) is 7.11 Å². The summed E-state index contributed by atoms with van der Waals surface area (Å²) in [6.07, 6.45) is 4.89. The van der Waals surface area contributed by atoms with E-state index in [1.165, 1.54) is 36.0 Å². The monoisotopic (exact) mass is 262 g/mol. The zero-order valence-corrected chi connectivity index (χ0v) is 12.3. The van der Waals surface area contributed by atoms with Crippen molar-refractivity contribution in [1.82, 2.24) is 5.32 Å². The smallest absolute Gasteiger partial charge is 0.123 e. The maximum Gasteiger partial charge on any atom is 0.123 e. The Balaban J connectivity index is 2.06. The van der Waals surface area contributed by atoms with Crippen molar-refractivity contribution in [2.24, 2.45) is 5.73 Å². The zero-order chi connectivity index (χ0) is 13.8. The Kier molecular flexibility index (Phi) is 4.83. The molecule has 1 fully saturated rings. The molecule has 19 heavy (non-hydrogen) atoms.